The Hall–Kier alpha value is -0.0800. The van der Waals surface area contributed by atoms with E-state index in [1.54, 1.807) is 0 Å². The van der Waals surface area contributed by atoms with Gasteiger partial charge in [-0.25, -0.2) is 0 Å². The highest BCUT2D eigenvalue weighted by molar-refractivity contribution is 4.76. The van der Waals surface area contributed by atoms with Gasteiger partial charge in [0, 0.05) is 12.1 Å². The Balaban J connectivity index is 2.06. The quantitative estimate of drug-likeness (QED) is 0.687. The highest BCUT2D eigenvalue weighted by atomic mass is 15.1. The number of rotatable bonds is 7. The lowest BCUT2D eigenvalue weighted by molar-refractivity contribution is 0.167. The minimum atomic E-state index is 0.677. The summed E-state index contributed by atoms with van der Waals surface area (Å²) in [7, 11) is 4.38. The molecule has 0 saturated heterocycles. The van der Waals surface area contributed by atoms with Gasteiger partial charge in [0.2, 0.25) is 0 Å². The molecule has 1 aliphatic carbocycles. The smallest absolute Gasteiger partial charge is 0.00924 e. The maximum atomic E-state index is 3.31. The van der Waals surface area contributed by atoms with Crippen LogP contribution in [0, 0.1) is 5.92 Å². The summed E-state index contributed by atoms with van der Waals surface area (Å²) in [6, 6.07) is 1.55. The highest BCUT2D eigenvalue weighted by Gasteiger charge is 2.20. The Labute approximate surface area is 108 Å². The van der Waals surface area contributed by atoms with E-state index < -0.39 is 0 Å². The molecule has 1 rings (SSSR count). The fourth-order valence-corrected chi connectivity index (χ4v) is 2.82. The molecule has 2 heteroatoms. The van der Waals surface area contributed by atoms with Gasteiger partial charge < -0.3 is 10.2 Å². The van der Waals surface area contributed by atoms with Crippen molar-refractivity contribution >= 4 is 0 Å². The molecule has 1 unspecified atom stereocenters. The first-order valence-electron chi connectivity index (χ1n) is 7.51. The summed E-state index contributed by atoms with van der Waals surface area (Å²) in [6.07, 6.45) is 9.74. The van der Waals surface area contributed by atoms with Crippen molar-refractivity contribution in [2.24, 2.45) is 5.92 Å². The molecule has 0 amide bonds. The summed E-state index contributed by atoms with van der Waals surface area (Å²) in [5.41, 5.74) is 0. The van der Waals surface area contributed by atoms with E-state index in [4.69, 9.17) is 0 Å². The Morgan fingerprint density at radius 2 is 1.82 bits per heavy atom. The lowest BCUT2D eigenvalue weighted by Gasteiger charge is -2.33. The molecule has 1 atom stereocenters. The summed E-state index contributed by atoms with van der Waals surface area (Å²) < 4.78 is 0. The van der Waals surface area contributed by atoms with Crippen LogP contribution in [0.1, 0.15) is 58.8 Å². The standard InChI is InChI=1S/C15H32N2/c1-13-8-10-15(11-9-13)17(4)12-6-5-7-14(2)16-3/h13-16H,5-12H2,1-4H3. The van der Waals surface area contributed by atoms with E-state index >= 15 is 0 Å². The summed E-state index contributed by atoms with van der Waals surface area (Å²) in [4.78, 5) is 2.61. The van der Waals surface area contributed by atoms with Crippen molar-refractivity contribution in [1.29, 1.82) is 0 Å². The number of nitrogens with one attached hydrogen (secondary N) is 1. The average molecular weight is 240 g/mol. The fourth-order valence-electron chi connectivity index (χ4n) is 2.82. The zero-order chi connectivity index (χ0) is 12.7. The van der Waals surface area contributed by atoms with Crippen LogP contribution in [-0.4, -0.2) is 37.6 Å². The van der Waals surface area contributed by atoms with Gasteiger partial charge in [0.1, 0.15) is 0 Å². The summed E-state index contributed by atoms with van der Waals surface area (Å²) in [5.74, 6) is 0.969. The number of unbranched alkanes of at least 4 members (excludes halogenated alkanes) is 1. The van der Waals surface area contributed by atoms with Crippen LogP contribution >= 0.6 is 0 Å². The summed E-state index contributed by atoms with van der Waals surface area (Å²) in [6.45, 7) is 5.96. The predicted molar refractivity (Wildman–Crippen MR) is 76.4 cm³/mol. The van der Waals surface area contributed by atoms with Crippen molar-refractivity contribution in [3.05, 3.63) is 0 Å². The van der Waals surface area contributed by atoms with Crippen molar-refractivity contribution in [3.63, 3.8) is 0 Å². The van der Waals surface area contributed by atoms with E-state index in [2.05, 4.69) is 38.2 Å². The molecule has 0 aromatic heterocycles. The molecule has 1 aliphatic rings. The molecule has 0 aromatic rings. The van der Waals surface area contributed by atoms with Crippen molar-refractivity contribution in [2.75, 3.05) is 20.6 Å². The van der Waals surface area contributed by atoms with Gasteiger partial charge >= 0.3 is 0 Å². The first-order chi connectivity index (χ1) is 8.13. The van der Waals surface area contributed by atoms with Crippen LogP contribution < -0.4 is 5.32 Å². The molecule has 1 N–H and O–H groups in total. The van der Waals surface area contributed by atoms with E-state index in [9.17, 15) is 0 Å². The van der Waals surface area contributed by atoms with Gasteiger partial charge in [-0.3, -0.25) is 0 Å². The zero-order valence-electron chi connectivity index (χ0n) is 12.3. The van der Waals surface area contributed by atoms with Crippen molar-refractivity contribution in [1.82, 2.24) is 10.2 Å². The maximum absolute atomic E-state index is 3.31. The third-order valence-corrected chi connectivity index (χ3v) is 4.50. The van der Waals surface area contributed by atoms with E-state index in [1.807, 2.05) is 0 Å². The minimum absolute atomic E-state index is 0.677. The molecule has 0 heterocycles. The van der Waals surface area contributed by atoms with Gasteiger partial charge in [-0.2, -0.15) is 0 Å². The average Bonchev–Trinajstić information content (AvgIpc) is 2.34. The van der Waals surface area contributed by atoms with Crippen molar-refractivity contribution in [2.45, 2.75) is 70.9 Å². The van der Waals surface area contributed by atoms with Crippen LogP contribution in [0.3, 0.4) is 0 Å². The monoisotopic (exact) mass is 240 g/mol. The lowest BCUT2D eigenvalue weighted by Crippen LogP contribution is -2.35. The van der Waals surface area contributed by atoms with Crippen LogP contribution in [-0.2, 0) is 0 Å². The van der Waals surface area contributed by atoms with E-state index in [0.717, 1.165) is 12.0 Å². The van der Waals surface area contributed by atoms with Crippen molar-refractivity contribution in [3.8, 4) is 0 Å². The second kappa shape index (κ2) is 8.10. The summed E-state index contributed by atoms with van der Waals surface area (Å²) >= 11 is 0. The summed E-state index contributed by atoms with van der Waals surface area (Å²) in [5, 5.41) is 3.31. The maximum Gasteiger partial charge on any atom is 0.00924 e. The molecule has 2 nitrogen and oxygen atoms in total. The second-order valence-electron chi connectivity index (χ2n) is 6.08. The SMILES string of the molecule is CNC(C)CCCCN(C)C1CCC(C)CC1. The molecule has 0 aromatic carbocycles. The topological polar surface area (TPSA) is 15.3 Å². The molecule has 102 valence electrons. The number of nitrogens with zero attached hydrogens (tertiary/aromatic N) is 1. The van der Waals surface area contributed by atoms with Crippen LogP contribution in [0.2, 0.25) is 0 Å². The van der Waals surface area contributed by atoms with Gasteiger partial charge in [-0.1, -0.05) is 13.3 Å². The second-order valence-corrected chi connectivity index (χ2v) is 6.08. The highest BCUT2D eigenvalue weighted by Crippen LogP contribution is 2.26. The Morgan fingerprint density at radius 3 is 2.41 bits per heavy atom. The fraction of sp³-hybridized carbons (Fsp3) is 1.00. The van der Waals surface area contributed by atoms with Gasteiger partial charge in [0.15, 0.2) is 0 Å². The van der Waals surface area contributed by atoms with Crippen molar-refractivity contribution < 1.29 is 0 Å². The number of hydrogen-bond donors (Lipinski definition) is 1. The lowest BCUT2D eigenvalue weighted by atomic mass is 9.87. The zero-order valence-corrected chi connectivity index (χ0v) is 12.3. The predicted octanol–water partition coefficient (Wildman–Crippen LogP) is 3.28. The molecule has 0 aliphatic heterocycles. The molecule has 17 heavy (non-hydrogen) atoms. The van der Waals surface area contributed by atoms with E-state index in [1.165, 1.54) is 51.5 Å². The molecule has 0 radical (unpaired) electrons. The molecule has 1 saturated carbocycles. The Bertz CT molecular complexity index is 185. The van der Waals surface area contributed by atoms with Crippen LogP contribution in [0.4, 0.5) is 0 Å². The van der Waals surface area contributed by atoms with Gasteiger partial charge in [-0.05, 0) is 72.0 Å². The Kier molecular flexibility index (Phi) is 7.14. The van der Waals surface area contributed by atoms with E-state index in [0.29, 0.717) is 6.04 Å². The molecule has 1 fully saturated rings. The molecule has 0 bridgehead atoms. The van der Waals surface area contributed by atoms with Crippen LogP contribution in [0.15, 0.2) is 0 Å². The molecular formula is C15H32N2. The van der Waals surface area contributed by atoms with E-state index in [-0.39, 0.29) is 0 Å². The Morgan fingerprint density at radius 1 is 1.18 bits per heavy atom. The van der Waals surface area contributed by atoms with Gasteiger partial charge in [0.25, 0.3) is 0 Å². The normalized spacial score (nSPS) is 27.4. The first-order valence-corrected chi connectivity index (χ1v) is 7.51. The first kappa shape index (κ1) is 15.0. The largest absolute Gasteiger partial charge is 0.317 e. The number of hydrogen-bond acceptors (Lipinski definition) is 2. The molecular weight excluding hydrogens is 208 g/mol. The van der Waals surface area contributed by atoms with Gasteiger partial charge in [0.05, 0.1) is 0 Å². The third kappa shape index (κ3) is 5.87. The minimum Gasteiger partial charge on any atom is -0.317 e. The van der Waals surface area contributed by atoms with Crippen LogP contribution in [0.5, 0.6) is 0 Å². The van der Waals surface area contributed by atoms with Crippen LogP contribution in [0.25, 0.3) is 0 Å². The molecule has 0 spiro atoms. The third-order valence-electron chi connectivity index (χ3n) is 4.50. The van der Waals surface area contributed by atoms with Gasteiger partial charge in [-0.15, -0.1) is 0 Å².